The minimum atomic E-state index is -0.799. The molecule has 20 heavy (non-hydrogen) atoms. The summed E-state index contributed by atoms with van der Waals surface area (Å²) < 4.78 is 11.4. The molecular formula is C14H17N3OS2. The Morgan fingerprint density at radius 2 is 2.20 bits per heavy atom. The van der Waals surface area contributed by atoms with Gasteiger partial charge < -0.3 is 11.1 Å². The van der Waals surface area contributed by atoms with Gasteiger partial charge in [0.15, 0.2) is 0 Å². The molecule has 0 aliphatic rings. The van der Waals surface area contributed by atoms with E-state index in [-0.39, 0.29) is 0 Å². The van der Waals surface area contributed by atoms with Gasteiger partial charge in [0, 0.05) is 34.2 Å². The van der Waals surface area contributed by atoms with Crippen LogP contribution in [0, 0.1) is 0 Å². The van der Waals surface area contributed by atoms with Gasteiger partial charge in [-0.15, -0.1) is 0 Å². The standard InChI is InChI=1S/C14H17N3OS2/c1-2-20(18)8-7-16-14-11(13(15)19)9-10-5-3-4-6-12(10)17-14/h3-6,9H,2,7-8H2,1H3,(H2,15,19)(H,16,17). The molecule has 1 unspecified atom stereocenters. The maximum Gasteiger partial charge on any atom is 0.136 e. The van der Waals surface area contributed by atoms with E-state index in [1.165, 1.54) is 0 Å². The van der Waals surface area contributed by atoms with Gasteiger partial charge in [-0.05, 0) is 12.1 Å². The summed E-state index contributed by atoms with van der Waals surface area (Å²) >= 11 is 5.08. The van der Waals surface area contributed by atoms with Gasteiger partial charge in [-0.1, -0.05) is 37.3 Å². The van der Waals surface area contributed by atoms with E-state index in [0.717, 1.165) is 16.5 Å². The van der Waals surface area contributed by atoms with Crippen LogP contribution in [0.4, 0.5) is 5.82 Å². The highest BCUT2D eigenvalue weighted by Crippen LogP contribution is 2.20. The Bertz CT molecular complexity index is 658. The summed E-state index contributed by atoms with van der Waals surface area (Å²) in [5.74, 6) is 1.90. The molecule has 0 amide bonds. The predicted octanol–water partition coefficient (Wildman–Crippen LogP) is 2.05. The van der Waals surface area contributed by atoms with Crippen LogP contribution in [-0.2, 0) is 10.8 Å². The van der Waals surface area contributed by atoms with E-state index in [2.05, 4.69) is 10.3 Å². The zero-order chi connectivity index (χ0) is 14.5. The van der Waals surface area contributed by atoms with E-state index in [4.69, 9.17) is 18.0 Å². The average Bonchev–Trinajstić information content (AvgIpc) is 2.46. The van der Waals surface area contributed by atoms with Crippen molar-refractivity contribution in [1.29, 1.82) is 0 Å². The quantitative estimate of drug-likeness (QED) is 0.800. The molecule has 4 nitrogen and oxygen atoms in total. The molecule has 0 aliphatic carbocycles. The van der Waals surface area contributed by atoms with E-state index in [1.807, 2.05) is 37.3 Å². The first-order valence-corrected chi connectivity index (χ1v) is 8.30. The summed E-state index contributed by atoms with van der Waals surface area (Å²) in [7, 11) is -0.799. The first-order valence-electron chi connectivity index (χ1n) is 6.40. The maximum absolute atomic E-state index is 11.4. The number of nitrogens with two attached hydrogens (primary N) is 1. The summed E-state index contributed by atoms with van der Waals surface area (Å²) in [5, 5.41) is 4.18. The first-order chi connectivity index (χ1) is 9.61. The number of anilines is 1. The van der Waals surface area contributed by atoms with Crippen LogP contribution in [0.25, 0.3) is 10.9 Å². The molecule has 0 aliphatic heterocycles. The maximum atomic E-state index is 11.4. The Hall–Kier alpha value is -1.53. The van der Waals surface area contributed by atoms with E-state index in [1.54, 1.807) is 0 Å². The summed E-state index contributed by atoms with van der Waals surface area (Å²) in [6.45, 7) is 2.49. The molecule has 0 radical (unpaired) electrons. The molecule has 0 spiro atoms. The van der Waals surface area contributed by atoms with E-state index in [0.29, 0.717) is 28.9 Å². The number of rotatable bonds is 6. The Kier molecular flexibility index (Phi) is 5.03. The Morgan fingerprint density at radius 1 is 1.45 bits per heavy atom. The number of para-hydroxylation sites is 1. The molecular weight excluding hydrogens is 290 g/mol. The number of nitrogens with one attached hydrogen (secondary N) is 1. The van der Waals surface area contributed by atoms with Gasteiger partial charge in [0.05, 0.1) is 11.1 Å². The molecule has 1 aromatic heterocycles. The fourth-order valence-corrected chi connectivity index (χ4v) is 2.64. The van der Waals surface area contributed by atoms with Crippen molar-refractivity contribution in [2.24, 2.45) is 5.73 Å². The topological polar surface area (TPSA) is 68.0 Å². The molecule has 1 aromatic carbocycles. The van der Waals surface area contributed by atoms with Crippen molar-refractivity contribution < 1.29 is 4.21 Å². The molecule has 0 fully saturated rings. The highest BCUT2D eigenvalue weighted by atomic mass is 32.2. The summed E-state index contributed by atoms with van der Waals surface area (Å²) in [6, 6.07) is 9.73. The van der Waals surface area contributed by atoms with Gasteiger partial charge >= 0.3 is 0 Å². The lowest BCUT2D eigenvalue weighted by Gasteiger charge is -2.11. The number of fused-ring (bicyclic) bond motifs is 1. The summed E-state index contributed by atoms with van der Waals surface area (Å²) in [5.41, 5.74) is 7.36. The molecule has 0 bridgehead atoms. The van der Waals surface area contributed by atoms with Crippen LogP contribution in [0.5, 0.6) is 0 Å². The number of aromatic nitrogens is 1. The lowest BCUT2D eigenvalue weighted by Crippen LogP contribution is -2.18. The molecule has 106 valence electrons. The highest BCUT2D eigenvalue weighted by Gasteiger charge is 2.09. The summed E-state index contributed by atoms with van der Waals surface area (Å²) in [6.07, 6.45) is 0. The van der Waals surface area contributed by atoms with Gasteiger partial charge in [0.2, 0.25) is 0 Å². The second kappa shape index (κ2) is 6.76. The SMILES string of the molecule is CCS(=O)CCNc1nc2ccccc2cc1C(N)=S. The van der Waals surface area contributed by atoms with Crippen molar-refractivity contribution in [3.63, 3.8) is 0 Å². The van der Waals surface area contributed by atoms with Crippen molar-refractivity contribution >= 4 is 44.7 Å². The van der Waals surface area contributed by atoms with Gasteiger partial charge in [-0.3, -0.25) is 4.21 Å². The van der Waals surface area contributed by atoms with E-state index >= 15 is 0 Å². The molecule has 1 heterocycles. The van der Waals surface area contributed by atoms with Gasteiger partial charge in [-0.2, -0.15) is 0 Å². The highest BCUT2D eigenvalue weighted by molar-refractivity contribution is 7.84. The molecule has 1 atom stereocenters. The predicted molar refractivity (Wildman–Crippen MR) is 89.7 cm³/mol. The minimum absolute atomic E-state index is 0.308. The van der Waals surface area contributed by atoms with E-state index < -0.39 is 10.8 Å². The number of pyridine rings is 1. The van der Waals surface area contributed by atoms with Crippen molar-refractivity contribution in [3.8, 4) is 0 Å². The Balaban J connectivity index is 2.27. The van der Waals surface area contributed by atoms with Crippen molar-refractivity contribution in [1.82, 2.24) is 4.98 Å². The number of hydrogen-bond acceptors (Lipinski definition) is 4. The van der Waals surface area contributed by atoms with Crippen LogP contribution in [0.2, 0.25) is 0 Å². The Labute approximate surface area is 126 Å². The number of nitrogens with zero attached hydrogens (tertiary/aromatic N) is 1. The smallest absolute Gasteiger partial charge is 0.136 e. The molecule has 2 aromatic rings. The third-order valence-electron chi connectivity index (χ3n) is 2.93. The first kappa shape index (κ1) is 14.9. The van der Waals surface area contributed by atoms with Crippen LogP contribution in [-0.4, -0.2) is 32.2 Å². The zero-order valence-corrected chi connectivity index (χ0v) is 12.9. The minimum Gasteiger partial charge on any atom is -0.389 e. The lowest BCUT2D eigenvalue weighted by molar-refractivity contribution is 0.684. The Morgan fingerprint density at radius 3 is 2.90 bits per heavy atom. The average molecular weight is 307 g/mol. The third-order valence-corrected chi connectivity index (χ3v) is 4.46. The molecule has 2 rings (SSSR count). The van der Waals surface area contributed by atoms with Crippen molar-refractivity contribution in [3.05, 3.63) is 35.9 Å². The lowest BCUT2D eigenvalue weighted by atomic mass is 10.1. The second-order valence-electron chi connectivity index (χ2n) is 4.30. The zero-order valence-electron chi connectivity index (χ0n) is 11.3. The number of benzene rings is 1. The molecule has 3 N–H and O–H groups in total. The molecule has 0 saturated carbocycles. The van der Waals surface area contributed by atoms with Gasteiger partial charge in [-0.25, -0.2) is 4.98 Å². The second-order valence-corrected chi connectivity index (χ2v) is 6.61. The van der Waals surface area contributed by atoms with Crippen LogP contribution in [0.1, 0.15) is 12.5 Å². The fraction of sp³-hybridized carbons (Fsp3) is 0.286. The van der Waals surface area contributed by atoms with Crippen LogP contribution >= 0.6 is 12.2 Å². The monoisotopic (exact) mass is 307 g/mol. The fourth-order valence-electron chi connectivity index (χ4n) is 1.87. The molecule has 0 saturated heterocycles. The van der Waals surface area contributed by atoms with Crippen molar-refractivity contribution in [2.45, 2.75) is 6.92 Å². The molecule has 6 heteroatoms. The van der Waals surface area contributed by atoms with Crippen LogP contribution in [0.3, 0.4) is 0 Å². The van der Waals surface area contributed by atoms with Crippen LogP contribution < -0.4 is 11.1 Å². The third kappa shape index (κ3) is 3.52. The number of hydrogen-bond donors (Lipinski definition) is 2. The van der Waals surface area contributed by atoms with Crippen LogP contribution in [0.15, 0.2) is 30.3 Å². The summed E-state index contributed by atoms with van der Waals surface area (Å²) in [4.78, 5) is 4.85. The van der Waals surface area contributed by atoms with E-state index in [9.17, 15) is 4.21 Å². The van der Waals surface area contributed by atoms with Gasteiger partial charge in [0.25, 0.3) is 0 Å². The normalized spacial score (nSPS) is 12.2. The van der Waals surface area contributed by atoms with Crippen molar-refractivity contribution in [2.75, 3.05) is 23.4 Å². The van der Waals surface area contributed by atoms with Gasteiger partial charge in [0.1, 0.15) is 10.8 Å². The largest absolute Gasteiger partial charge is 0.389 e. The number of thiocarbonyl (C=S) groups is 1.